The Morgan fingerprint density at radius 3 is 2.65 bits per heavy atom. The average Bonchev–Trinajstić information content (AvgIpc) is 2.42. The zero-order valence-corrected chi connectivity index (χ0v) is 11.1. The van der Waals surface area contributed by atoms with Gasteiger partial charge in [-0.25, -0.2) is 13.8 Å². The SMILES string of the molecule is Cc1ncn(CC(O)c2ccc(F)c(F)c2)c(=O)c1C. The maximum absolute atomic E-state index is 13.1. The molecule has 1 unspecified atom stereocenters. The summed E-state index contributed by atoms with van der Waals surface area (Å²) in [5.74, 6) is -2.02. The van der Waals surface area contributed by atoms with Crippen LogP contribution in [0.15, 0.2) is 29.3 Å². The van der Waals surface area contributed by atoms with Crippen molar-refractivity contribution in [3.63, 3.8) is 0 Å². The number of aliphatic hydroxyl groups excluding tert-OH is 1. The quantitative estimate of drug-likeness (QED) is 0.934. The van der Waals surface area contributed by atoms with Crippen LogP contribution in [-0.2, 0) is 6.54 Å². The van der Waals surface area contributed by atoms with Gasteiger partial charge in [0.15, 0.2) is 11.6 Å². The third-order valence-electron chi connectivity index (χ3n) is 3.21. The van der Waals surface area contributed by atoms with Gasteiger partial charge in [-0.3, -0.25) is 9.36 Å². The number of aromatic nitrogens is 2. The summed E-state index contributed by atoms with van der Waals surface area (Å²) < 4.78 is 27.2. The third-order valence-corrected chi connectivity index (χ3v) is 3.21. The molecule has 1 atom stereocenters. The number of rotatable bonds is 3. The molecule has 0 aliphatic heterocycles. The second-order valence-electron chi connectivity index (χ2n) is 4.60. The number of benzene rings is 1. The van der Waals surface area contributed by atoms with Gasteiger partial charge < -0.3 is 5.11 Å². The Hall–Kier alpha value is -2.08. The van der Waals surface area contributed by atoms with Gasteiger partial charge in [0, 0.05) is 11.3 Å². The Morgan fingerprint density at radius 1 is 1.30 bits per heavy atom. The van der Waals surface area contributed by atoms with Gasteiger partial charge in [-0.05, 0) is 31.5 Å². The monoisotopic (exact) mass is 280 g/mol. The summed E-state index contributed by atoms with van der Waals surface area (Å²) in [6, 6.07) is 3.14. The highest BCUT2D eigenvalue weighted by Gasteiger charge is 2.13. The molecule has 0 aliphatic rings. The van der Waals surface area contributed by atoms with Crippen LogP contribution in [0.25, 0.3) is 0 Å². The van der Waals surface area contributed by atoms with E-state index in [1.807, 2.05) is 0 Å². The van der Waals surface area contributed by atoms with E-state index in [0.717, 1.165) is 12.1 Å². The molecular formula is C14H14F2N2O2. The maximum atomic E-state index is 13.1. The largest absolute Gasteiger partial charge is 0.387 e. The molecule has 1 N–H and O–H groups in total. The summed E-state index contributed by atoms with van der Waals surface area (Å²) in [7, 11) is 0. The average molecular weight is 280 g/mol. The number of aryl methyl sites for hydroxylation is 1. The molecule has 0 fully saturated rings. The van der Waals surface area contributed by atoms with Crippen LogP contribution < -0.4 is 5.56 Å². The summed E-state index contributed by atoms with van der Waals surface area (Å²) in [4.78, 5) is 16.0. The molecule has 0 amide bonds. The van der Waals surface area contributed by atoms with Gasteiger partial charge in [0.05, 0.1) is 19.0 Å². The van der Waals surface area contributed by atoms with Crippen LogP contribution >= 0.6 is 0 Å². The predicted molar refractivity (Wildman–Crippen MR) is 69.3 cm³/mol. The van der Waals surface area contributed by atoms with Crippen molar-refractivity contribution in [1.29, 1.82) is 0 Å². The summed E-state index contributed by atoms with van der Waals surface area (Å²) in [6.45, 7) is 3.29. The van der Waals surface area contributed by atoms with E-state index in [9.17, 15) is 18.7 Å². The van der Waals surface area contributed by atoms with Crippen LogP contribution in [0.4, 0.5) is 8.78 Å². The molecule has 0 saturated carbocycles. The highest BCUT2D eigenvalue weighted by molar-refractivity contribution is 5.20. The van der Waals surface area contributed by atoms with E-state index in [2.05, 4.69) is 4.98 Å². The van der Waals surface area contributed by atoms with Crippen LogP contribution in [0.3, 0.4) is 0 Å². The molecule has 4 nitrogen and oxygen atoms in total. The molecule has 1 heterocycles. The minimum absolute atomic E-state index is 0.0714. The first-order valence-corrected chi connectivity index (χ1v) is 6.06. The molecular weight excluding hydrogens is 266 g/mol. The lowest BCUT2D eigenvalue weighted by Crippen LogP contribution is -2.26. The molecule has 0 bridgehead atoms. The van der Waals surface area contributed by atoms with Crippen molar-refractivity contribution in [2.24, 2.45) is 0 Å². The number of halogens is 2. The number of aliphatic hydroxyl groups is 1. The van der Waals surface area contributed by atoms with Crippen LogP contribution in [0.5, 0.6) is 0 Å². The smallest absolute Gasteiger partial charge is 0.256 e. The van der Waals surface area contributed by atoms with Crippen molar-refractivity contribution in [2.45, 2.75) is 26.5 Å². The standard InChI is InChI=1S/C14H14F2N2O2/c1-8-9(2)17-7-18(14(8)20)6-13(19)10-3-4-11(15)12(16)5-10/h3-5,7,13,19H,6H2,1-2H3. The topological polar surface area (TPSA) is 55.1 Å². The van der Waals surface area contributed by atoms with Crippen molar-refractivity contribution in [1.82, 2.24) is 9.55 Å². The fourth-order valence-corrected chi connectivity index (χ4v) is 1.82. The predicted octanol–water partition coefficient (Wildman–Crippen LogP) is 1.87. The second kappa shape index (κ2) is 5.50. The van der Waals surface area contributed by atoms with Gasteiger partial charge in [-0.2, -0.15) is 0 Å². The van der Waals surface area contributed by atoms with Crippen LogP contribution in [0.2, 0.25) is 0 Å². The summed E-state index contributed by atoms with van der Waals surface area (Å²) in [5, 5.41) is 10.00. The minimum Gasteiger partial charge on any atom is -0.387 e. The highest BCUT2D eigenvalue weighted by atomic mass is 19.2. The molecule has 0 spiro atoms. The molecule has 2 aromatic rings. The van der Waals surface area contributed by atoms with Gasteiger partial charge in [-0.1, -0.05) is 6.07 Å². The third kappa shape index (κ3) is 2.75. The van der Waals surface area contributed by atoms with E-state index < -0.39 is 17.7 Å². The number of hydrogen-bond donors (Lipinski definition) is 1. The Labute approximate surface area is 114 Å². The fraction of sp³-hybridized carbons (Fsp3) is 0.286. The molecule has 106 valence electrons. The first kappa shape index (κ1) is 14.3. The Balaban J connectivity index is 2.28. The van der Waals surface area contributed by atoms with E-state index in [-0.39, 0.29) is 17.7 Å². The molecule has 0 radical (unpaired) electrons. The van der Waals surface area contributed by atoms with Gasteiger partial charge in [0.1, 0.15) is 0 Å². The first-order valence-electron chi connectivity index (χ1n) is 6.06. The van der Waals surface area contributed by atoms with Gasteiger partial charge in [0.2, 0.25) is 0 Å². The maximum Gasteiger partial charge on any atom is 0.256 e. The van der Waals surface area contributed by atoms with Crippen molar-refractivity contribution in [3.8, 4) is 0 Å². The van der Waals surface area contributed by atoms with E-state index >= 15 is 0 Å². The zero-order chi connectivity index (χ0) is 14.9. The minimum atomic E-state index is -1.12. The molecule has 1 aromatic heterocycles. The van der Waals surface area contributed by atoms with E-state index in [0.29, 0.717) is 11.3 Å². The van der Waals surface area contributed by atoms with Gasteiger partial charge in [-0.15, -0.1) is 0 Å². The Bertz CT molecular complexity index is 698. The highest BCUT2D eigenvalue weighted by Crippen LogP contribution is 2.17. The summed E-state index contributed by atoms with van der Waals surface area (Å²) in [5.41, 5.74) is 1.05. The van der Waals surface area contributed by atoms with Gasteiger partial charge >= 0.3 is 0 Å². The lowest BCUT2D eigenvalue weighted by molar-refractivity contribution is 0.154. The second-order valence-corrected chi connectivity index (χ2v) is 4.60. The van der Waals surface area contributed by atoms with Crippen molar-refractivity contribution in [2.75, 3.05) is 0 Å². The van der Waals surface area contributed by atoms with Gasteiger partial charge in [0.25, 0.3) is 5.56 Å². The van der Waals surface area contributed by atoms with Crippen LogP contribution in [-0.4, -0.2) is 14.7 Å². The zero-order valence-electron chi connectivity index (χ0n) is 11.1. The van der Waals surface area contributed by atoms with Crippen molar-refractivity contribution < 1.29 is 13.9 Å². The van der Waals surface area contributed by atoms with E-state index in [1.54, 1.807) is 13.8 Å². The fourth-order valence-electron chi connectivity index (χ4n) is 1.82. The van der Waals surface area contributed by atoms with E-state index in [1.165, 1.54) is 17.0 Å². The first-order chi connectivity index (χ1) is 9.40. The molecule has 0 saturated heterocycles. The number of nitrogens with zero attached hydrogens (tertiary/aromatic N) is 2. The number of hydrogen-bond acceptors (Lipinski definition) is 3. The molecule has 0 aliphatic carbocycles. The Morgan fingerprint density at radius 2 is 2.00 bits per heavy atom. The lowest BCUT2D eigenvalue weighted by atomic mass is 10.1. The summed E-state index contributed by atoms with van der Waals surface area (Å²) in [6.07, 6.45) is 0.208. The van der Waals surface area contributed by atoms with Crippen molar-refractivity contribution >= 4 is 0 Å². The van der Waals surface area contributed by atoms with Crippen LogP contribution in [0.1, 0.15) is 22.9 Å². The lowest BCUT2D eigenvalue weighted by Gasteiger charge is -2.14. The molecule has 1 aromatic carbocycles. The van der Waals surface area contributed by atoms with Crippen LogP contribution in [0, 0.1) is 25.5 Å². The molecule has 20 heavy (non-hydrogen) atoms. The summed E-state index contributed by atoms with van der Waals surface area (Å²) >= 11 is 0. The normalized spacial score (nSPS) is 12.4. The molecule has 6 heteroatoms. The molecule has 2 rings (SSSR count). The Kier molecular flexibility index (Phi) is 3.94. The van der Waals surface area contributed by atoms with Crippen molar-refractivity contribution in [3.05, 3.63) is 63.3 Å². The van der Waals surface area contributed by atoms with E-state index in [4.69, 9.17) is 0 Å².